The second kappa shape index (κ2) is 6.09. The van der Waals surface area contributed by atoms with Gasteiger partial charge in [-0.1, -0.05) is 42.8 Å². The van der Waals surface area contributed by atoms with Gasteiger partial charge >= 0.3 is 0 Å². The normalized spacial score (nSPS) is 12.2. The Bertz CT molecular complexity index is 585. The van der Waals surface area contributed by atoms with E-state index in [2.05, 4.69) is 29.5 Å². The van der Waals surface area contributed by atoms with Crippen LogP contribution in [-0.4, -0.2) is 15.7 Å². The molecule has 0 fully saturated rings. The average Bonchev–Trinajstić information content (AvgIpc) is 2.78. The molecule has 1 N–H and O–H groups in total. The molecule has 0 saturated heterocycles. The van der Waals surface area contributed by atoms with E-state index < -0.39 is 0 Å². The first kappa shape index (κ1) is 14.6. The smallest absolute Gasteiger partial charge is 0.271 e. The van der Waals surface area contributed by atoms with Crippen LogP contribution in [0.1, 0.15) is 41.5 Å². The molecule has 2 aromatic rings. The maximum Gasteiger partial charge on any atom is 0.271 e. The lowest BCUT2D eigenvalue weighted by atomic mass is 10.0. The summed E-state index contributed by atoms with van der Waals surface area (Å²) in [6.07, 6.45) is 2.48. The van der Waals surface area contributed by atoms with Crippen LogP contribution in [0.4, 0.5) is 0 Å². The molecule has 0 aliphatic carbocycles. The van der Waals surface area contributed by atoms with Crippen molar-refractivity contribution in [2.24, 2.45) is 7.05 Å². The maximum atomic E-state index is 12.2. The summed E-state index contributed by atoms with van der Waals surface area (Å²) in [6, 6.07) is 8.15. The molecule has 106 valence electrons. The lowest BCUT2D eigenvalue weighted by molar-refractivity contribution is 0.0930. The van der Waals surface area contributed by atoms with Gasteiger partial charge in [-0.25, -0.2) is 0 Å². The first-order valence-electron chi connectivity index (χ1n) is 6.60. The zero-order chi connectivity index (χ0) is 14.7. The van der Waals surface area contributed by atoms with Crippen LogP contribution in [-0.2, 0) is 13.5 Å². The Hall–Kier alpha value is -1.81. The van der Waals surface area contributed by atoms with Crippen LogP contribution in [0, 0.1) is 0 Å². The van der Waals surface area contributed by atoms with Crippen molar-refractivity contribution in [3.05, 3.63) is 52.3 Å². The van der Waals surface area contributed by atoms with Gasteiger partial charge in [0.05, 0.1) is 17.3 Å². The summed E-state index contributed by atoms with van der Waals surface area (Å²) in [4.78, 5) is 12.2. The van der Waals surface area contributed by atoms with Crippen molar-refractivity contribution in [2.75, 3.05) is 0 Å². The first-order valence-corrected chi connectivity index (χ1v) is 6.98. The summed E-state index contributed by atoms with van der Waals surface area (Å²) in [5.41, 5.74) is 2.72. The molecule has 1 aromatic carbocycles. The topological polar surface area (TPSA) is 46.9 Å². The predicted octanol–water partition coefficient (Wildman–Crippen LogP) is 3.13. The molecule has 1 atom stereocenters. The van der Waals surface area contributed by atoms with Crippen molar-refractivity contribution in [2.45, 2.75) is 26.3 Å². The molecule has 5 heteroatoms. The molecule has 1 heterocycles. The van der Waals surface area contributed by atoms with E-state index in [0.29, 0.717) is 10.7 Å². The number of rotatable bonds is 4. The number of aryl methyl sites for hydroxylation is 2. The SMILES string of the molecule is CCc1ccc(C(C)NC(=O)c2c(Cl)cnn2C)cc1. The highest BCUT2D eigenvalue weighted by Crippen LogP contribution is 2.17. The molecular formula is C15H18ClN3O. The third-order valence-electron chi connectivity index (χ3n) is 3.34. The van der Waals surface area contributed by atoms with Crippen LogP contribution in [0.2, 0.25) is 5.02 Å². The number of halogens is 1. The first-order chi connectivity index (χ1) is 9.52. The van der Waals surface area contributed by atoms with E-state index in [0.717, 1.165) is 12.0 Å². The Balaban J connectivity index is 2.11. The van der Waals surface area contributed by atoms with Crippen LogP contribution in [0.5, 0.6) is 0 Å². The molecule has 1 unspecified atom stereocenters. The fraction of sp³-hybridized carbons (Fsp3) is 0.333. The van der Waals surface area contributed by atoms with Gasteiger partial charge in [0.1, 0.15) is 5.69 Å². The van der Waals surface area contributed by atoms with Gasteiger partial charge in [0.25, 0.3) is 5.91 Å². The van der Waals surface area contributed by atoms with Crippen molar-refractivity contribution >= 4 is 17.5 Å². The number of aromatic nitrogens is 2. The molecule has 1 amide bonds. The monoisotopic (exact) mass is 291 g/mol. The van der Waals surface area contributed by atoms with E-state index in [1.165, 1.54) is 16.4 Å². The van der Waals surface area contributed by atoms with E-state index >= 15 is 0 Å². The number of benzene rings is 1. The summed E-state index contributed by atoms with van der Waals surface area (Å²) in [6.45, 7) is 4.06. The zero-order valence-electron chi connectivity index (χ0n) is 11.9. The summed E-state index contributed by atoms with van der Waals surface area (Å²) in [5, 5.41) is 7.26. The minimum atomic E-state index is -0.220. The van der Waals surface area contributed by atoms with Gasteiger partial charge in [-0.2, -0.15) is 5.10 Å². The standard InChI is InChI=1S/C15H18ClN3O/c1-4-11-5-7-12(8-6-11)10(2)18-15(20)14-13(16)9-17-19(14)3/h5-10H,4H2,1-3H3,(H,18,20). The molecule has 0 radical (unpaired) electrons. The van der Waals surface area contributed by atoms with Gasteiger partial charge < -0.3 is 5.32 Å². The van der Waals surface area contributed by atoms with Crippen molar-refractivity contribution in [3.63, 3.8) is 0 Å². The second-order valence-corrected chi connectivity index (χ2v) is 5.16. The Morgan fingerprint density at radius 1 is 1.40 bits per heavy atom. The molecule has 0 bridgehead atoms. The summed E-state index contributed by atoms with van der Waals surface area (Å²) < 4.78 is 1.48. The molecule has 1 aromatic heterocycles. The Labute approximate surface area is 123 Å². The van der Waals surface area contributed by atoms with Crippen molar-refractivity contribution in [1.82, 2.24) is 15.1 Å². The molecule has 0 aliphatic heterocycles. The van der Waals surface area contributed by atoms with E-state index in [4.69, 9.17) is 11.6 Å². The number of carbonyl (C=O) groups excluding carboxylic acids is 1. The Morgan fingerprint density at radius 3 is 2.55 bits per heavy atom. The van der Waals surface area contributed by atoms with E-state index in [9.17, 15) is 4.79 Å². The van der Waals surface area contributed by atoms with Crippen molar-refractivity contribution in [1.29, 1.82) is 0 Å². The number of hydrogen-bond donors (Lipinski definition) is 1. The van der Waals surface area contributed by atoms with Crippen LogP contribution in [0.3, 0.4) is 0 Å². The van der Waals surface area contributed by atoms with Gasteiger partial charge in [0.15, 0.2) is 0 Å². The molecule has 4 nitrogen and oxygen atoms in total. The Morgan fingerprint density at radius 2 is 2.05 bits per heavy atom. The fourth-order valence-electron chi connectivity index (χ4n) is 2.06. The van der Waals surface area contributed by atoms with Crippen LogP contribution < -0.4 is 5.32 Å². The third-order valence-corrected chi connectivity index (χ3v) is 3.62. The van der Waals surface area contributed by atoms with Crippen LogP contribution >= 0.6 is 11.6 Å². The van der Waals surface area contributed by atoms with E-state index in [1.807, 2.05) is 19.1 Å². The molecule has 0 aliphatic rings. The quantitative estimate of drug-likeness (QED) is 0.941. The molecule has 0 spiro atoms. The summed E-state index contributed by atoms with van der Waals surface area (Å²) in [5.74, 6) is -0.220. The fourth-order valence-corrected chi connectivity index (χ4v) is 2.31. The predicted molar refractivity (Wildman–Crippen MR) is 79.9 cm³/mol. The highest BCUT2D eigenvalue weighted by atomic mass is 35.5. The lowest BCUT2D eigenvalue weighted by Gasteiger charge is -2.15. The number of amides is 1. The molecular weight excluding hydrogens is 274 g/mol. The van der Waals surface area contributed by atoms with Crippen molar-refractivity contribution in [3.8, 4) is 0 Å². The van der Waals surface area contributed by atoms with E-state index in [1.54, 1.807) is 7.05 Å². The number of carbonyl (C=O) groups is 1. The molecule has 20 heavy (non-hydrogen) atoms. The number of nitrogens with zero attached hydrogens (tertiary/aromatic N) is 2. The largest absolute Gasteiger partial charge is 0.344 e. The van der Waals surface area contributed by atoms with Gasteiger partial charge in [-0.15, -0.1) is 0 Å². The van der Waals surface area contributed by atoms with Gasteiger partial charge in [0.2, 0.25) is 0 Å². The summed E-state index contributed by atoms with van der Waals surface area (Å²) in [7, 11) is 1.70. The third kappa shape index (κ3) is 3.02. The van der Waals surface area contributed by atoms with Crippen LogP contribution in [0.25, 0.3) is 0 Å². The summed E-state index contributed by atoms with van der Waals surface area (Å²) >= 11 is 5.96. The highest BCUT2D eigenvalue weighted by molar-refractivity contribution is 6.33. The lowest BCUT2D eigenvalue weighted by Crippen LogP contribution is -2.28. The average molecular weight is 292 g/mol. The van der Waals surface area contributed by atoms with Crippen molar-refractivity contribution < 1.29 is 4.79 Å². The molecule has 0 saturated carbocycles. The molecule has 2 rings (SSSR count). The number of hydrogen-bond acceptors (Lipinski definition) is 2. The number of nitrogens with one attached hydrogen (secondary N) is 1. The van der Waals surface area contributed by atoms with Gasteiger partial charge in [-0.3, -0.25) is 9.48 Å². The minimum Gasteiger partial charge on any atom is -0.344 e. The maximum absolute atomic E-state index is 12.2. The van der Waals surface area contributed by atoms with Gasteiger partial charge in [-0.05, 0) is 24.5 Å². The zero-order valence-corrected chi connectivity index (χ0v) is 12.6. The Kier molecular flexibility index (Phi) is 4.45. The van der Waals surface area contributed by atoms with Gasteiger partial charge in [0, 0.05) is 7.05 Å². The van der Waals surface area contributed by atoms with E-state index in [-0.39, 0.29) is 11.9 Å². The second-order valence-electron chi connectivity index (χ2n) is 4.76. The van der Waals surface area contributed by atoms with Crippen LogP contribution in [0.15, 0.2) is 30.5 Å². The minimum absolute atomic E-state index is 0.0839. The highest BCUT2D eigenvalue weighted by Gasteiger charge is 2.18.